The minimum Gasteiger partial charge on any atom is -0.341 e. The van der Waals surface area contributed by atoms with Crippen LogP contribution >= 0.6 is 0 Å². The van der Waals surface area contributed by atoms with Crippen LogP contribution < -0.4 is 15.5 Å². The second-order valence-corrected chi connectivity index (χ2v) is 10.3. The maximum absolute atomic E-state index is 13.5. The SMILES string of the molecule is CN(c1nccc(Nc2cc(C3CC3)[nH]n2)n1)[C@H]1CC[C@H](NC(=O)N2Cc3cc(F)c(F)cc3C2)CC1. The molecule has 194 valence electrons. The minimum atomic E-state index is -0.877. The van der Waals surface area contributed by atoms with E-state index in [1.54, 1.807) is 11.1 Å². The van der Waals surface area contributed by atoms with Gasteiger partial charge in [-0.25, -0.2) is 18.6 Å². The summed E-state index contributed by atoms with van der Waals surface area (Å²) in [6, 6.07) is 6.36. The number of rotatable bonds is 6. The molecule has 9 nitrogen and oxygen atoms in total. The number of benzene rings is 1. The first-order valence-corrected chi connectivity index (χ1v) is 12.8. The summed E-state index contributed by atoms with van der Waals surface area (Å²) in [5.41, 5.74) is 2.48. The predicted octanol–water partition coefficient (Wildman–Crippen LogP) is 4.57. The molecule has 3 heterocycles. The van der Waals surface area contributed by atoms with E-state index in [4.69, 9.17) is 0 Å². The zero-order chi connectivity index (χ0) is 25.5. The molecule has 1 aliphatic heterocycles. The number of amides is 2. The first-order valence-electron chi connectivity index (χ1n) is 12.8. The molecule has 0 bridgehead atoms. The number of aromatic amines is 1. The summed E-state index contributed by atoms with van der Waals surface area (Å²) >= 11 is 0. The van der Waals surface area contributed by atoms with Crippen molar-refractivity contribution in [1.82, 2.24) is 30.4 Å². The van der Waals surface area contributed by atoms with Crippen LogP contribution in [0, 0.1) is 11.6 Å². The average molecular weight is 509 g/mol. The summed E-state index contributed by atoms with van der Waals surface area (Å²) in [5.74, 6) is 0.940. The number of carbonyl (C=O) groups excluding carboxylic acids is 1. The summed E-state index contributed by atoms with van der Waals surface area (Å²) < 4.78 is 27.1. The molecule has 3 aliphatic rings. The zero-order valence-electron chi connectivity index (χ0n) is 20.7. The van der Waals surface area contributed by atoms with E-state index in [9.17, 15) is 13.6 Å². The van der Waals surface area contributed by atoms with E-state index in [-0.39, 0.29) is 18.1 Å². The summed E-state index contributed by atoms with van der Waals surface area (Å²) in [6.45, 7) is 0.580. The normalized spacial score (nSPS) is 21.0. The maximum Gasteiger partial charge on any atom is 0.318 e. The highest BCUT2D eigenvalue weighted by atomic mass is 19.2. The molecule has 2 aromatic heterocycles. The van der Waals surface area contributed by atoms with Crippen molar-refractivity contribution < 1.29 is 13.6 Å². The largest absolute Gasteiger partial charge is 0.341 e. The third kappa shape index (κ3) is 5.07. The fourth-order valence-corrected chi connectivity index (χ4v) is 5.29. The Hall–Kier alpha value is -3.76. The molecule has 0 spiro atoms. The van der Waals surface area contributed by atoms with Crippen LogP contribution in [0.15, 0.2) is 30.5 Å². The summed E-state index contributed by atoms with van der Waals surface area (Å²) in [4.78, 5) is 25.7. The molecule has 11 heteroatoms. The van der Waals surface area contributed by atoms with E-state index >= 15 is 0 Å². The van der Waals surface area contributed by atoms with Crippen LogP contribution in [0.5, 0.6) is 0 Å². The molecule has 1 aromatic carbocycles. The Morgan fingerprint density at radius 1 is 1.03 bits per heavy atom. The third-order valence-corrected chi connectivity index (χ3v) is 7.65. The molecule has 2 amide bonds. The standard InChI is InChI=1S/C26H30F2N8O/c1-35(25-29-9-8-23(32-25)31-24-12-22(33-34-24)15-2-3-15)19-6-4-18(5-7-19)30-26(37)36-13-16-10-20(27)21(28)11-17(16)14-36/h8-12,15,18-19H,2-7,13-14H2,1H3,(H,30,37)(H2,29,31,32,33,34)/t18-,19-. The van der Waals surface area contributed by atoms with E-state index in [2.05, 4.69) is 35.7 Å². The fraction of sp³-hybridized carbons (Fsp3) is 0.462. The van der Waals surface area contributed by atoms with Crippen molar-refractivity contribution in [3.63, 3.8) is 0 Å². The Morgan fingerprint density at radius 2 is 1.73 bits per heavy atom. The summed E-state index contributed by atoms with van der Waals surface area (Å²) in [5, 5.41) is 13.8. The molecule has 2 saturated carbocycles. The number of nitrogens with zero attached hydrogens (tertiary/aromatic N) is 5. The number of anilines is 3. The van der Waals surface area contributed by atoms with Crippen LogP contribution in [-0.4, -0.2) is 50.2 Å². The van der Waals surface area contributed by atoms with Gasteiger partial charge in [0.25, 0.3) is 0 Å². The van der Waals surface area contributed by atoms with Gasteiger partial charge in [0.05, 0.1) is 0 Å². The molecule has 0 radical (unpaired) electrons. The molecule has 0 saturated heterocycles. The Bertz CT molecular complexity index is 1270. The number of halogens is 2. The fourth-order valence-electron chi connectivity index (χ4n) is 5.29. The van der Waals surface area contributed by atoms with Gasteiger partial charge in [-0.2, -0.15) is 10.1 Å². The second-order valence-electron chi connectivity index (χ2n) is 10.3. The first kappa shape index (κ1) is 23.6. The van der Waals surface area contributed by atoms with Gasteiger partial charge < -0.3 is 20.4 Å². The topological polar surface area (TPSA) is 102 Å². The van der Waals surface area contributed by atoms with Crippen molar-refractivity contribution >= 4 is 23.6 Å². The van der Waals surface area contributed by atoms with Crippen LogP contribution in [0.1, 0.15) is 61.3 Å². The van der Waals surface area contributed by atoms with Crippen molar-refractivity contribution in [2.75, 3.05) is 17.3 Å². The molecule has 2 fully saturated rings. The number of nitrogens with one attached hydrogen (secondary N) is 3. The Labute approximate surface area is 213 Å². The molecule has 3 N–H and O–H groups in total. The predicted molar refractivity (Wildman–Crippen MR) is 134 cm³/mol. The lowest BCUT2D eigenvalue weighted by Crippen LogP contribution is -2.46. The van der Waals surface area contributed by atoms with Gasteiger partial charge in [0.2, 0.25) is 5.95 Å². The van der Waals surface area contributed by atoms with Crippen LogP contribution in [0.25, 0.3) is 0 Å². The molecule has 0 unspecified atom stereocenters. The Morgan fingerprint density at radius 3 is 2.41 bits per heavy atom. The van der Waals surface area contributed by atoms with Crippen LogP contribution in [-0.2, 0) is 13.1 Å². The number of urea groups is 1. The number of carbonyl (C=O) groups is 1. The summed E-state index contributed by atoms with van der Waals surface area (Å²) in [6.07, 6.45) is 7.62. The number of aromatic nitrogens is 4. The quantitative estimate of drug-likeness (QED) is 0.451. The van der Waals surface area contributed by atoms with Gasteiger partial charge in [-0.1, -0.05) is 0 Å². The molecule has 6 rings (SSSR count). The highest BCUT2D eigenvalue weighted by Gasteiger charge is 2.30. The Balaban J connectivity index is 1.00. The van der Waals surface area contributed by atoms with Gasteiger partial charge in [-0.3, -0.25) is 5.10 Å². The van der Waals surface area contributed by atoms with Gasteiger partial charge in [0, 0.05) is 56.1 Å². The monoisotopic (exact) mass is 508 g/mol. The first-order chi connectivity index (χ1) is 17.9. The molecule has 37 heavy (non-hydrogen) atoms. The van der Waals surface area contributed by atoms with E-state index in [0.29, 0.717) is 41.9 Å². The van der Waals surface area contributed by atoms with Crippen molar-refractivity contribution in [3.05, 3.63) is 58.9 Å². The highest BCUT2D eigenvalue weighted by molar-refractivity contribution is 5.75. The zero-order valence-corrected chi connectivity index (χ0v) is 20.7. The molecule has 0 atom stereocenters. The van der Waals surface area contributed by atoms with Gasteiger partial charge in [0.1, 0.15) is 5.82 Å². The minimum absolute atomic E-state index is 0.0589. The van der Waals surface area contributed by atoms with E-state index in [1.165, 1.54) is 25.0 Å². The highest BCUT2D eigenvalue weighted by Crippen LogP contribution is 2.39. The van der Waals surface area contributed by atoms with Crippen molar-refractivity contribution in [2.24, 2.45) is 0 Å². The number of hydrogen-bond donors (Lipinski definition) is 3. The van der Waals surface area contributed by atoms with Crippen LogP contribution in [0.4, 0.5) is 31.2 Å². The average Bonchev–Trinajstić information content (AvgIpc) is 3.51. The van der Waals surface area contributed by atoms with Crippen molar-refractivity contribution in [1.29, 1.82) is 0 Å². The molecule has 2 aliphatic carbocycles. The molecular weight excluding hydrogens is 478 g/mol. The van der Waals surface area contributed by atoms with Gasteiger partial charge in [-0.05, 0) is 67.9 Å². The van der Waals surface area contributed by atoms with Crippen LogP contribution in [0.3, 0.4) is 0 Å². The number of H-pyrrole nitrogens is 1. The van der Waals surface area contributed by atoms with E-state index < -0.39 is 11.6 Å². The molecular formula is C26H30F2N8O. The lowest BCUT2D eigenvalue weighted by molar-refractivity contribution is 0.189. The lowest BCUT2D eigenvalue weighted by atomic mass is 9.90. The summed E-state index contributed by atoms with van der Waals surface area (Å²) in [7, 11) is 2.00. The third-order valence-electron chi connectivity index (χ3n) is 7.65. The maximum atomic E-state index is 13.5. The van der Waals surface area contributed by atoms with Gasteiger partial charge >= 0.3 is 6.03 Å². The smallest absolute Gasteiger partial charge is 0.318 e. The van der Waals surface area contributed by atoms with E-state index in [0.717, 1.165) is 37.2 Å². The van der Waals surface area contributed by atoms with Crippen molar-refractivity contribution in [3.8, 4) is 0 Å². The van der Waals surface area contributed by atoms with Gasteiger partial charge in [-0.15, -0.1) is 0 Å². The second kappa shape index (κ2) is 9.60. The van der Waals surface area contributed by atoms with Gasteiger partial charge in [0.15, 0.2) is 17.5 Å². The van der Waals surface area contributed by atoms with Crippen molar-refractivity contribution in [2.45, 2.75) is 69.6 Å². The lowest BCUT2D eigenvalue weighted by Gasteiger charge is -2.35. The number of fused-ring (bicyclic) bond motifs is 1. The molecule has 3 aromatic rings. The van der Waals surface area contributed by atoms with Crippen LogP contribution in [0.2, 0.25) is 0 Å². The Kier molecular flexibility index (Phi) is 6.13. The number of hydrogen-bond acceptors (Lipinski definition) is 6. The van der Waals surface area contributed by atoms with E-state index in [1.807, 2.05) is 19.2 Å².